The third-order valence-corrected chi connectivity index (χ3v) is 10.6. The van der Waals surface area contributed by atoms with Gasteiger partial charge >= 0.3 is 23.9 Å². The lowest BCUT2D eigenvalue weighted by atomic mass is 10.0. The number of unbranched alkanes of at least 4 members (excludes halogenated alkanes) is 3. The highest BCUT2D eigenvalue weighted by Gasteiger charge is 2.36. The highest BCUT2D eigenvalue weighted by atomic mass is 16.4. The van der Waals surface area contributed by atoms with Gasteiger partial charge in [0.2, 0.25) is 35.4 Å². The van der Waals surface area contributed by atoms with Crippen LogP contribution in [0.4, 0.5) is 0 Å². The summed E-state index contributed by atoms with van der Waals surface area (Å²) < 4.78 is 0. The fraction of sp³-hybridized carbons (Fsp3) is 0.610. The van der Waals surface area contributed by atoms with Crippen LogP contribution < -0.4 is 54.0 Å². The van der Waals surface area contributed by atoms with Crippen LogP contribution in [0.2, 0.25) is 0 Å². The second-order valence-corrected chi connectivity index (χ2v) is 16.1. The van der Waals surface area contributed by atoms with Crippen molar-refractivity contribution in [2.45, 2.75) is 132 Å². The monoisotopic (exact) mass is 1010 g/mol. The Hall–Kier alpha value is -7.44. The Kier molecular flexibility index (Phi) is 26.0. The Morgan fingerprint density at radius 3 is 1.23 bits per heavy atom. The molecule has 30 nitrogen and oxygen atoms in total. The molecule has 0 unspecified atom stereocenters. The highest BCUT2D eigenvalue weighted by molar-refractivity contribution is 6.07. The van der Waals surface area contributed by atoms with E-state index in [9.17, 15) is 88.2 Å². The van der Waals surface area contributed by atoms with Crippen LogP contribution in [-0.2, 0) is 47.9 Å². The molecule has 394 valence electrons. The maximum Gasteiger partial charge on any atom is 0.326 e. The second-order valence-electron chi connectivity index (χ2n) is 16.1. The van der Waals surface area contributed by atoms with E-state index in [2.05, 4.69) is 41.9 Å². The Morgan fingerprint density at radius 2 is 0.887 bits per heavy atom. The number of nitrogens with zero attached hydrogens (tertiary/aromatic N) is 2. The number of carbonyl (C=O) groups excluding carboxylic acids is 8. The van der Waals surface area contributed by atoms with Crippen molar-refractivity contribution in [2.24, 2.45) is 11.5 Å². The first-order valence-corrected chi connectivity index (χ1v) is 22.4. The van der Waals surface area contributed by atoms with Crippen LogP contribution in [0.25, 0.3) is 0 Å². The lowest BCUT2D eigenvalue weighted by Crippen LogP contribution is -2.59. The average Bonchev–Trinajstić information content (AvgIpc) is 3.31. The fourth-order valence-corrected chi connectivity index (χ4v) is 6.83. The quantitative estimate of drug-likeness (QED) is 0.0510. The van der Waals surface area contributed by atoms with Crippen LogP contribution in [0.1, 0.15) is 104 Å². The lowest BCUT2D eigenvalue weighted by Gasteiger charge is -2.26. The minimum Gasteiger partial charge on any atom is -0.481 e. The molecular weight excluding hydrogens is 949 g/mol. The van der Waals surface area contributed by atoms with Crippen LogP contribution in [0.5, 0.6) is 0 Å². The summed E-state index contributed by atoms with van der Waals surface area (Å²) in [6.07, 6.45) is 0.0778. The van der Waals surface area contributed by atoms with E-state index in [1.54, 1.807) is 0 Å². The highest BCUT2D eigenvalue weighted by Crippen LogP contribution is 2.13. The number of nitrogens with one attached hydrogen (secondary N) is 8. The van der Waals surface area contributed by atoms with Gasteiger partial charge in [0.05, 0.1) is 26.1 Å². The number of fused-ring (bicyclic) bond motifs is 1. The molecule has 1 aromatic heterocycles. The zero-order valence-corrected chi connectivity index (χ0v) is 38.4. The number of aliphatic hydroxyl groups excluding tert-OH is 2. The normalized spacial score (nSPS) is 21.9. The summed E-state index contributed by atoms with van der Waals surface area (Å²) in [6, 6.07) is -14.6. The number of aromatic nitrogens is 2. The minimum atomic E-state index is -2.05. The van der Waals surface area contributed by atoms with Gasteiger partial charge in [0.25, 0.3) is 11.8 Å². The topological polar surface area (TPSA) is 500 Å². The Morgan fingerprint density at radius 1 is 0.535 bits per heavy atom. The second kappa shape index (κ2) is 30.9. The van der Waals surface area contributed by atoms with Crippen molar-refractivity contribution >= 4 is 71.1 Å². The SMILES string of the molecule is NCCCCC[C@H](NC(=O)[C@@H]1CCCC[C@@H](C(=O)N[C@@H](CCCCN)C(=O)O)NC(=O)[C@@H](CC(=O)O)NC(=O)[C@@H](CO)NC(=O)c2nccnc2C(=O)N[C@@H](CO)C(=O)N[C@H](CC(=O)O)C(=O)N1)C(=O)O. The van der Waals surface area contributed by atoms with Gasteiger partial charge in [-0.25, -0.2) is 19.6 Å². The van der Waals surface area contributed by atoms with Gasteiger partial charge in [-0.2, -0.15) is 0 Å². The van der Waals surface area contributed by atoms with E-state index >= 15 is 0 Å². The van der Waals surface area contributed by atoms with Crippen molar-refractivity contribution in [1.29, 1.82) is 0 Å². The molecule has 0 spiro atoms. The summed E-state index contributed by atoms with van der Waals surface area (Å²) in [5, 5.41) is 76.6. The van der Waals surface area contributed by atoms with Gasteiger partial charge in [-0.15, -0.1) is 0 Å². The maximum atomic E-state index is 13.8. The largest absolute Gasteiger partial charge is 0.481 e. The van der Waals surface area contributed by atoms with Crippen LogP contribution in [0.3, 0.4) is 0 Å². The first kappa shape index (κ1) is 59.7. The molecular formula is C41H62N12O18. The van der Waals surface area contributed by atoms with E-state index in [1.165, 1.54) is 0 Å². The molecule has 0 radical (unpaired) electrons. The van der Waals surface area contributed by atoms with Crippen molar-refractivity contribution in [3.05, 3.63) is 23.8 Å². The molecule has 0 saturated heterocycles. The van der Waals surface area contributed by atoms with Gasteiger partial charge in [0.1, 0.15) is 48.3 Å². The summed E-state index contributed by atoms with van der Waals surface area (Å²) in [6.45, 7) is -1.92. The summed E-state index contributed by atoms with van der Waals surface area (Å²) in [5.41, 5.74) is 9.33. The molecule has 18 N–H and O–H groups in total. The molecule has 1 aromatic rings. The van der Waals surface area contributed by atoms with Crippen LogP contribution in [0.15, 0.2) is 12.4 Å². The van der Waals surface area contributed by atoms with Crippen molar-refractivity contribution in [2.75, 3.05) is 26.3 Å². The average molecular weight is 1010 g/mol. The zero-order valence-electron chi connectivity index (χ0n) is 38.4. The van der Waals surface area contributed by atoms with E-state index < -0.39 is 170 Å². The predicted octanol–water partition coefficient (Wildman–Crippen LogP) is -6.09. The molecule has 0 aliphatic carbocycles. The van der Waals surface area contributed by atoms with Crippen molar-refractivity contribution < 1.29 is 88.2 Å². The zero-order chi connectivity index (χ0) is 53.2. The van der Waals surface area contributed by atoms with Crippen molar-refractivity contribution in [1.82, 2.24) is 52.5 Å². The molecule has 1 aliphatic heterocycles. The number of carboxylic acids is 4. The summed E-state index contributed by atoms with van der Waals surface area (Å²) in [5.74, 6) is -16.7. The molecule has 0 saturated carbocycles. The third-order valence-electron chi connectivity index (χ3n) is 10.6. The minimum absolute atomic E-state index is 0.0849. The summed E-state index contributed by atoms with van der Waals surface area (Å²) in [4.78, 5) is 165. The smallest absolute Gasteiger partial charge is 0.326 e. The molecule has 1 aliphatic rings. The molecule has 71 heavy (non-hydrogen) atoms. The number of rotatable bonds is 21. The van der Waals surface area contributed by atoms with Crippen LogP contribution >= 0.6 is 0 Å². The standard InChI is InChI=1S/C41H62N12O18/c42-12-6-1-2-10-22(40(68)69)48-32(60)20-8-3-4-9-21(33(61)49-23(41(70)71)11-5-7-13-43)47-35(63)25(17-29(58)59)51-37(65)27(19-55)53-39(67)31-30(44-14-15-45-31)38(66)52-26(18-54)36(64)50-24(16-28(56)57)34(62)46-20/h14-15,20-27,54-55H,1-13,16-19,42-43H2,(H,46,62)(H,47,63)(H,48,60)(H,49,61)(H,50,64)(H,51,65)(H,52,66)(H,53,67)(H,56,57)(H,58,59)(H,68,69)(H,70,71)/t20-,21-,22-,23-,24+,25+,26-,27+/m0/s1. The number of amides is 8. The maximum absolute atomic E-state index is 13.8. The Bertz CT molecular complexity index is 2080. The van der Waals surface area contributed by atoms with Gasteiger partial charge in [0, 0.05) is 12.4 Å². The third kappa shape index (κ3) is 20.6. The van der Waals surface area contributed by atoms with E-state index in [4.69, 9.17) is 11.5 Å². The first-order valence-electron chi connectivity index (χ1n) is 22.4. The molecule has 30 heteroatoms. The Balaban J connectivity index is 2.75. The van der Waals surface area contributed by atoms with Crippen molar-refractivity contribution in [3.8, 4) is 0 Å². The molecule has 0 aromatic carbocycles. The van der Waals surface area contributed by atoms with E-state index in [0.717, 1.165) is 12.4 Å². The van der Waals surface area contributed by atoms with Crippen molar-refractivity contribution in [3.63, 3.8) is 0 Å². The summed E-state index contributed by atoms with van der Waals surface area (Å²) in [7, 11) is 0. The molecule has 2 heterocycles. The van der Waals surface area contributed by atoms with Gasteiger partial charge < -0.3 is 84.6 Å². The molecule has 8 atom stereocenters. The molecule has 0 fully saturated rings. The van der Waals surface area contributed by atoms with Crippen LogP contribution in [0, 0.1) is 0 Å². The molecule has 0 bridgehead atoms. The van der Waals surface area contributed by atoms with Gasteiger partial charge in [-0.1, -0.05) is 25.7 Å². The molecule has 2 rings (SSSR count). The number of hydrogen-bond acceptors (Lipinski definition) is 18. The predicted molar refractivity (Wildman–Crippen MR) is 239 cm³/mol. The number of nitrogens with two attached hydrogens (primary N) is 2. The lowest BCUT2D eigenvalue weighted by molar-refractivity contribution is -0.143. The summed E-state index contributed by atoms with van der Waals surface area (Å²) >= 11 is 0. The van der Waals surface area contributed by atoms with Gasteiger partial charge in [0.15, 0.2) is 11.4 Å². The number of carboxylic acid groups (broad SMARTS) is 4. The van der Waals surface area contributed by atoms with E-state index in [-0.39, 0.29) is 38.6 Å². The van der Waals surface area contributed by atoms with E-state index in [0.29, 0.717) is 32.2 Å². The van der Waals surface area contributed by atoms with E-state index in [1.807, 2.05) is 10.6 Å². The Labute approximate surface area is 404 Å². The molecule has 8 amide bonds. The number of aliphatic hydroxyl groups is 2. The fourth-order valence-electron chi connectivity index (χ4n) is 6.83. The van der Waals surface area contributed by atoms with Gasteiger partial charge in [-0.3, -0.25) is 47.9 Å². The number of aliphatic carboxylic acids is 4. The number of carbonyl (C=O) groups is 12. The first-order chi connectivity index (χ1) is 33.7. The number of hydrogen-bond donors (Lipinski definition) is 16. The van der Waals surface area contributed by atoms with Crippen LogP contribution in [-0.4, -0.2) is 186 Å². The van der Waals surface area contributed by atoms with Gasteiger partial charge in [-0.05, 0) is 58.0 Å².